The number of hydrogen-bond donors (Lipinski definition) is 0. The van der Waals surface area contributed by atoms with Gasteiger partial charge in [0.2, 0.25) is 10.0 Å². The summed E-state index contributed by atoms with van der Waals surface area (Å²) in [6.07, 6.45) is 0. The Kier molecular flexibility index (Phi) is 4.56. The minimum Gasteiger partial charge on any atom is -0.212 e. The zero-order valence-electron chi connectivity index (χ0n) is 11.9. The highest BCUT2D eigenvalue weighted by Gasteiger charge is 2.16. The predicted octanol–water partition coefficient (Wildman–Crippen LogP) is 2.77. The van der Waals surface area contributed by atoms with Gasteiger partial charge in [0.1, 0.15) is 0 Å². The van der Waals surface area contributed by atoms with Gasteiger partial charge in [-0.3, -0.25) is 0 Å². The maximum absolute atomic E-state index is 11.7. The van der Waals surface area contributed by atoms with Gasteiger partial charge in [0.25, 0.3) is 0 Å². The second-order valence-corrected chi connectivity index (χ2v) is 7.97. The van der Waals surface area contributed by atoms with Crippen molar-refractivity contribution in [3.8, 4) is 0 Å². The molecule has 0 aliphatic carbocycles. The Morgan fingerprint density at radius 3 is 2.00 bits per heavy atom. The van der Waals surface area contributed by atoms with Crippen molar-refractivity contribution in [1.82, 2.24) is 4.31 Å². The average molecular weight is 269 g/mol. The molecule has 3 nitrogen and oxygen atoms in total. The van der Waals surface area contributed by atoms with Crippen LogP contribution in [0.25, 0.3) is 0 Å². The van der Waals surface area contributed by atoms with Gasteiger partial charge in [-0.2, -0.15) is 0 Å². The lowest BCUT2D eigenvalue weighted by molar-refractivity contribution is 0.467. The molecule has 0 heterocycles. The molecule has 0 saturated heterocycles. The summed E-state index contributed by atoms with van der Waals surface area (Å²) in [5, 5.41) is 0. The monoisotopic (exact) mass is 269 g/mol. The summed E-state index contributed by atoms with van der Waals surface area (Å²) in [5.74, 6) is 0.142. The van der Waals surface area contributed by atoms with Gasteiger partial charge in [-0.15, -0.1) is 0 Å². The lowest BCUT2D eigenvalue weighted by atomic mass is 9.87. The summed E-state index contributed by atoms with van der Waals surface area (Å²) in [7, 11) is -1.48. The first-order chi connectivity index (χ1) is 8.16. The lowest BCUT2D eigenvalue weighted by Gasteiger charge is -2.20. The summed E-state index contributed by atoms with van der Waals surface area (Å²) in [6, 6.07) is 8.15. The molecular weight excluding hydrogens is 246 g/mol. The fourth-order valence-corrected chi connectivity index (χ4v) is 2.47. The fraction of sp³-hybridized carbons (Fsp3) is 0.571. The molecule has 1 rings (SSSR count). The molecule has 0 aliphatic heterocycles. The van der Waals surface area contributed by atoms with Gasteiger partial charge in [0.05, 0.1) is 5.75 Å². The van der Waals surface area contributed by atoms with Crippen LogP contribution in [0.1, 0.15) is 38.8 Å². The van der Waals surface area contributed by atoms with Gasteiger partial charge in [-0.05, 0) is 23.5 Å². The lowest BCUT2D eigenvalue weighted by Crippen LogP contribution is -2.27. The Morgan fingerprint density at radius 1 is 1.11 bits per heavy atom. The number of nitrogens with zero attached hydrogens (tertiary/aromatic N) is 1. The standard InChI is InChI=1S/C14H23NO2S/c1-6-18(16,17)15(5)11-12-7-9-13(10-8-12)14(2,3)4/h7-10H,6,11H2,1-5H3. The molecule has 0 atom stereocenters. The molecule has 0 spiro atoms. The molecular formula is C14H23NO2S. The van der Waals surface area contributed by atoms with Gasteiger partial charge in [0, 0.05) is 13.6 Å². The molecule has 1 aromatic rings. The Labute approximate surface area is 111 Å². The maximum Gasteiger partial charge on any atom is 0.213 e. The zero-order chi connectivity index (χ0) is 14.0. The van der Waals surface area contributed by atoms with Crippen LogP contribution in [0.3, 0.4) is 0 Å². The van der Waals surface area contributed by atoms with Crippen LogP contribution in [0.2, 0.25) is 0 Å². The van der Waals surface area contributed by atoms with Crippen LogP contribution < -0.4 is 0 Å². The zero-order valence-corrected chi connectivity index (χ0v) is 12.7. The number of benzene rings is 1. The second-order valence-electron chi connectivity index (χ2n) is 5.60. The molecule has 0 saturated carbocycles. The van der Waals surface area contributed by atoms with Crippen molar-refractivity contribution in [1.29, 1.82) is 0 Å². The van der Waals surface area contributed by atoms with Gasteiger partial charge in [-0.1, -0.05) is 45.0 Å². The van der Waals surface area contributed by atoms with Crippen molar-refractivity contribution in [2.24, 2.45) is 0 Å². The van der Waals surface area contributed by atoms with Crippen molar-refractivity contribution < 1.29 is 8.42 Å². The molecule has 0 aliphatic rings. The average Bonchev–Trinajstić information content (AvgIpc) is 2.28. The van der Waals surface area contributed by atoms with Crippen LogP contribution in [0.5, 0.6) is 0 Å². The minimum atomic E-state index is -3.10. The summed E-state index contributed by atoms with van der Waals surface area (Å²) in [6.45, 7) is 8.58. The van der Waals surface area contributed by atoms with Crippen LogP contribution >= 0.6 is 0 Å². The van der Waals surface area contributed by atoms with Gasteiger partial charge in [0.15, 0.2) is 0 Å². The van der Waals surface area contributed by atoms with E-state index in [1.807, 2.05) is 12.1 Å². The Hall–Kier alpha value is -0.870. The summed E-state index contributed by atoms with van der Waals surface area (Å²) in [4.78, 5) is 0. The highest BCUT2D eigenvalue weighted by molar-refractivity contribution is 7.89. The van der Waals surface area contributed by atoms with E-state index in [9.17, 15) is 8.42 Å². The molecule has 4 heteroatoms. The molecule has 102 valence electrons. The van der Waals surface area contributed by atoms with E-state index in [0.29, 0.717) is 6.54 Å². The molecule has 1 aromatic carbocycles. The molecule has 0 radical (unpaired) electrons. The van der Waals surface area contributed by atoms with E-state index in [0.717, 1.165) is 5.56 Å². The van der Waals surface area contributed by atoms with Crippen molar-refractivity contribution >= 4 is 10.0 Å². The molecule has 0 aromatic heterocycles. The van der Waals surface area contributed by atoms with E-state index in [1.54, 1.807) is 14.0 Å². The summed E-state index contributed by atoms with van der Waals surface area (Å²) >= 11 is 0. The Morgan fingerprint density at radius 2 is 1.61 bits per heavy atom. The molecule has 0 bridgehead atoms. The fourth-order valence-electron chi connectivity index (χ4n) is 1.69. The van der Waals surface area contributed by atoms with E-state index >= 15 is 0 Å². The molecule has 18 heavy (non-hydrogen) atoms. The largest absolute Gasteiger partial charge is 0.213 e. The van der Waals surface area contributed by atoms with E-state index in [2.05, 4.69) is 32.9 Å². The van der Waals surface area contributed by atoms with Crippen LogP contribution in [0.15, 0.2) is 24.3 Å². The third-order valence-corrected chi connectivity index (χ3v) is 4.87. The highest BCUT2D eigenvalue weighted by Crippen LogP contribution is 2.22. The van der Waals surface area contributed by atoms with E-state index < -0.39 is 10.0 Å². The topological polar surface area (TPSA) is 37.4 Å². The van der Waals surface area contributed by atoms with Crippen molar-refractivity contribution in [2.75, 3.05) is 12.8 Å². The van der Waals surface area contributed by atoms with Crippen LogP contribution in [0.4, 0.5) is 0 Å². The first-order valence-corrected chi connectivity index (χ1v) is 7.81. The third-order valence-electron chi connectivity index (χ3n) is 3.06. The van der Waals surface area contributed by atoms with Crippen LogP contribution in [-0.2, 0) is 22.0 Å². The van der Waals surface area contributed by atoms with Crippen molar-refractivity contribution in [2.45, 2.75) is 39.7 Å². The quantitative estimate of drug-likeness (QED) is 0.843. The van der Waals surface area contributed by atoms with Crippen LogP contribution in [0, 0.1) is 0 Å². The molecule has 0 fully saturated rings. The van der Waals surface area contributed by atoms with E-state index in [1.165, 1.54) is 9.87 Å². The smallest absolute Gasteiger partial charge is 0.212 e. The van der Waals surface area contributed by atoms with Gasteiger partial charge < -0.3 is 0 Å². The minimum absolute atomic E-state index is 0.125. The van der Waals surface area contributed by atoms with E-state index in [-0.39, 0.29) is 11.2 Å². The number of hydrogen-bond acceptors (Lipinski definition) is 2. The predicted molar refractivity (Wildman–Crippen MR) is 76.1 cm³/mol. The molecule has 0 N–H and O–H groups in total. The second kappa shape index (κ2) is 5.41. The summed E-state index contributed by atoms with van der Waals surface area (Å²) in [5.41, 5.74) is 2.40. The first kappa shape index (κ1) is 15.2. The Balaban J connectivity index is 2.82. The van der Waals surface area contributed by atoms with Gasteiger partial charge >= 0.3 is 0 Å². The van der Waals surface area contributed by atoms with Crippen molar-refractivity contribution in [3.63, 3.8) is 0 Å². The highest BCUT2D eigenvalue weighted by atomic mass is 32.2. The molecule has 0 unspecified atom stereocenters. The number of sulfonamides is 1. The van der Waals surface area contributed by atoms with Crippen LogP contribution in [-0.4, -0.2) is 25.5 Å². The maximum atomic E-state index is 11.7. The van der Waals surface area contributed by atoms with E-state index in [4.69, 9.17) is 0 Å². The van der Waals surface area contributed by atoms with Gasteiger partial charge in [-0.25, -0.2) is 12.7 Å². The normalized spacial score (nSPS) is 13.0. The number of rotatable bonds is 4. The SMILES string of the molecule is CCS(=O)(=O)N(C)Cc1ccc(C(C)(C)C)cc1. The Bertz CT molecular complexity index is 484. The summed E-state index contributed by atoms with van der Waals surface area (Å²) < 4.78 is 24.7. The third kappa shape index (κ3) is 3.82. The first-order valence-electron chi connectivity index (χ1n) is 6.20. The van der Waals surface area contributed by atoms with Crippen molar-refractivity contribution in [3.05, 3.63) is 35.4 Å². The molecule has 0 amide bonds.